The summed E-state index contributed by atoms with van der Waals surface area (Å²) < 4.78 is 93.4. The molecule has 0 bridgehead atoms. The molecule has 0 saturated heterocycles. The lowest BCUT2D eigenvalue weighted by Gasteiger charge is -2.13. The number of oxime groups is 1. The second kappa shape index (κ2) is 6.11. The first-order valence-electron chi connectivity index (χ1n) is 6.78. The lowest BCUT2D eigenvalue weighted by molar-refractivity contribution is -0.142. The van der Waals surface area contributed by atoms with Crippen molar-refractivity contribution < 1.29 is 39.9 Å². The van der Waals surface area contributed by atoms with Crippen LogP contribution in [0, 0.1) is 0 Å². The van der Waals surface area contributed by atoms with E-state index in [1.807, 2.05) is 0 Å². The van der Waals surface area contributed by atoms with Crippen molar-refractivity contribution in [3.8, 4) is 5.88 Å². The molecule has 1 aromatic heterocycles. The molecule has 0 atom stereocenters. The summed E-state index contributed by atoms with van der Waals surface area (Å²) in [5.41, 5.74) is -3.57. The fraction of sp³-hybridized carbons (Fsp3) is 0.667. The average molecular weight is 393 g/mol. The summed E-state index contributed by atoms with van der Waals surface area (Å²) in [6.45, 7) is -0.380. The summed E-state index contributed by atoms with van der Waals surface area (Å²) in [5, 5.41) is 5.97. The number of nitrogens with zero attached hydrogens (tertiary/aromatic N) is 3. The molecule has 0 unspecified atom stereocenters. The molecule has 1 aliphatic rings. The molecule has 7 nitrogen and oxygen atoms in total. The minimum Gasteiger partial charge on any atom is -0.417 e. The van der Waals surface area contributed by atoms with Gasteiger partial charge in [-0.3, -0.25) is 0 Å². The van der Waals surface area contributed by atoms with Crippen LogP contribution < -0.4 is 4.74 Å². The second-order valence-corrected chi connectivity index (χ2v) is 7.89. The Morgan fingerprint density at radius 3 is 2.44 bits per heavy atom. The Hall–Kier alpha value is -1.92. The monoisotopic (exact) mass is 393 g/mol. The Balaban J connectivity index is 2.47. The zero-order valence-corrected chi connectivity index (χ0v) is 14.1. The van der Waals surface area contributed by atoms with Crippen LogP contribution in [0.4, 0.5) is 22.0 Å². The first kappa shape index (κ1) is 19.4. The van der Waals surface area contributed by atoms with Crippen molar-refractivity contribution in [2.45, 2.75) is 44.4 Å². The summed E-state index contributed by atoms with van der Waals surface area (Å²) in [6.07, 6.45) is -5.22. The van der Waals surface area contributed by atoms with E-state index in [1.54, 1.807) is 0 Å². The number of hydrogen-bond acceptors (Lipinski definition) is 6. The van der Waals surface area contributed by atoms with Crippen molar-refractivity contribution >= 4 is 14.9 Å². The number of ether oxygens (including phenoxy) is 1. The summed E-state index contributed by atoms with van der Waals surface area (Å²) in [7, 11) is -3.43. The molecule has 13 heteroatoms. The van der Waals surface area contributed by atoms with Crippen molar-refractivity contribution in [1.82, 2.24) is 9.78 Å². The van der Waals surface area contributed by atoms with Gasteiger partial charge in [0.2, 0.25) is 5.88 Å². The van der Waals surface area contributed by atoms with Gasteiger partial charge in [-0.05, 0) is 13.8 Å². The summed E-state index contributed by atoms with van der Waals surface area (Å²) in [6, 6.07) is 0. The molecule has 0 saturated carbocycles. The van der Waals surface area contributed by atoms with Gasteiger partial charge in [0.15, 0.2) is 20.6 Å². The number of sulfone groups is 1. The third-order valence-electron chi connectivity index (χ3n) is 3.22. The molecule has 0 amide bonds. The molecule has 0 spiro atoms. The predicted octanol–water partition coefficient (Wildman–Crippen LogP) is 2.47. The lowest BCUT2D eigenvalue weighted by Crippen LogP contribution is -2.24. The number of aryl methyl sites for hydroxylation is 1. The van der Waals surface area contributed by atoms with Gasteiger partial charge in [-0.2, -0.15) is 27.1 Å². The molecule has 2 heterocycles. The van der Waals surface area contributed by atoms with Crippen LogP contribution in [0.5, 0.6) is 5.88 Å². The quantitative estimate of drug-likeness (QED) is 0.734. The second-order valence-electron chi connectivity index (χ2n) is 5.90. The standard InChI is InChI=1S/C12H14F5N3O4S/c1-11(2)4-7(19-24-11)25(21,22)5-6-8(12(15,16)17)18-20(3)9(6)23-10(13)14/h10H,4-5H2,1-3H3/i7+2. The van der Waals surface area contributed by atoms with Crippen molar-refractivity contribution in [3.63, 3.8) is 0 Å². The van der Waals surface area contributed by atoms with E-state index in [4.69, 9.17) is 4.84 Å². The van der Waals surface area contributed by atoms with Gasteiger partial charge in [-0.25, -0.2) is 13.1 Å². The minimum absolute atomic E-state index is 0.165. The Morgan fingerprint density at radius 2 is 2.00 bits per heavy atom. The van der Waals surface area contributed by atoms with Gasteiger partial charge in [-0.15, -0.1) is 0 Å². The smallest absolute Gasteiger partial charge is 0.417 e. The zero-order chi connectivity index (χ0) is 19.2. The van der Waals surface area contributed by atoms with E-state index in [0.717, 1.165) is 7.05 Å². The summed E-state index contributed by atoms with van der Waals surface area (Å²) in [5.74, 6) is -2.24. The number of rotatable bonds is 4. The summed E-state index contributed by atoms with van der Waals surface area (Å²) >= 11 is 0. The van der Waals surface area contributed by atoms with Crippen LogP contribution in [0.2, 0.25) is 0 Å². The molecule has 1 aliphatic heterocycles. The molecule has 0 fully saturated rings. The largest absolute Gasteiger partial charge is 0.435 e. The molecule has 142 valence electrons. The summed E-state index contributed by atoms with van der Waals surface area (Å²) in [4.78, 5) is 4.89. The fourth-order valence-corrected chi connectivity index (χ4v) is 3.71. The molecule has 0 aliphatic carbocycles. The topological polar surface area (TPSA) is 82.8 Å². The highest BCUT2D eigenvalue weighted by atomic mass is 32.2. The average Bonchev–Trinajstić information content (AvgIpc) is 2.92. The van der Waals surface area contributed by atoms with Gasteiger partial charge in [0.1, 0.15) is 5.60 Å². The third-order valence-corrected chi connectivity index (χ3v) is 4.83. The predicted molar refractivity (Wildman–Crippen MR) is 74.7 cm³/mol. The highest BCUT2D eigenvalue weighted by Crippen LogP contribution is 2.38. The minimum atomic E-state index is -5.06. The molecule has 25 heavy (non-hydrogen) atoms. The highest BCUT2D eigenvalue weighted by Gasteiger charge is 2.43. The van der Waals surface area contributed by atoms with E-state index in [9.17, 15) is 30.4 Å². The van der Waals surface area contributed by atoms with Crippen molar-refractivity contribution in [2.75, 3.05) is 0 Å². The Bertz CT molecular complexity index is 798. The number of hydrogen-bond donors (Lipinski definition) is 0. The first-order valence-corrected chi connectivity index (χ1v) is 8.44. The van der Waals surface area contributed by atoms with Crippen LogP contribution >= 0.6 is 0 Å². The van der Waals surface area contributed by atoms with Gasteiger partial charge in [0, 0.05) is 13.5 Å². The van der Waals surface area contributed by atoms with Crippen molar-refractivity contribution in [3.05, 3.63) is 11.3 Å². The normalized spacial score (nSPS) is 17.6. The Labute approximate surface area is 139 Å². The number of alkyl halides is 5. The van der Waals surface area contributed by atoms with Crippen LogP contribution in [-0.4, -0.2) is 35.5 Å². The first-order chi connectivity index (χ1) is 11.2. The van der Waals surface area contributed by atoms with Crippen LogP contribution in [0.3, 0.4) is 0 Å². The Morgan fingerprint density at radius 1 is 1.40 bits per heavy atom. The van der Waals surface area contributed by atoms with Crippen LogP contribution in [0.15, 0.2) is 5.16 Å². The van der Waals surface area contributed by atoms with E-state index < -0.39 is 56.2 Å². The van der Waals surface area contributed by atoms with E-state index in [2.05, 4.69) is 15.0 Å². The van der Waals surface area contributed by atoms with E-state index in [-0.39, 0.29) is 6.42 Å². The van der Waals surface area contributed by atoms with Crippen molar-refractivity contribution in [1.29, 1.82) is 0 Å². The molecular weight excluding hydrogens is 379 g/mol. The molecule has 0 N–H and O–H groups in total. The molecular formula is C12H14F5N3O4S. The van der Waals surface area contributed by atoms with Crippen LogP contribution in [-0.2, 0) is 33.7 Å². The molecule has 0 aromatic carbocycles. The van der Waals surface area contributed by atoms with Gasteiger partial charge < -0.3 is 9.57 Å². The lowest BCUT2D eigenvalue weighted by atomic mass is 10.1. The maximum Gasteiger partial charge on any atom is 0.435 e. The maximum absolute atomic E-state index is 13.1. The van der Waals surface area contributed by atoms with Gasteiger partial charge >= 0.3 is 12.8 Å². The van der Waals surface area contributed by atoms with Gasteiger partial charge in [-0.1, -0.05) is 5.16 Å². The molecule has 2 rings (SSSR count). The van der Waals surface area contributed by atoms with Crippen LogP contribution in [0.1, 0.15) is 31.5 Å². The van der Waals surface area contributed by atoms with E-state index in [0.29, 0.717) is 4.68 Å². The molecule has 1 aromatic rings. The van der Waals surface area contributed by atoms with Crippen LogP contribution in [0.25, 0.3) is 0 Å². The van der Waals surface area contributed by atoms with Gasteiger partial charge in [0.05, 0.1) is 11.3 Å². The van der Waals surface area contributed by atoms with E-state index in [1.165, 1.54) is 13.8 Å². The molecule has 0 radical (unpaired) electrons. The van der Waals surface area contributed by atoms with Gasteiger partial charge in [0.25, 0.3) is 0 Å². The third kappa shape index (κ3) is 4.19. The fourth-order valence-electron chi connectivity index (χ4n) is 2.19. The Kier molecular flexibility index (Phi) is 4.74. The van der Waals surface area contributed by atoms with E-state index >= 15 is 0 Å². The number of aromatic nitrogens is 2. The highest BCUT2D eigenvalue weighted by molar-refractivity contribution is 8.05. The number of halogens is 5. The maximum atomic E-state index is 13.1. The zero-order valence-electron chi connectivity index (χ0n) is 13.3. The SMILES string of the molecule is Cn1nc(C(F)(F)F)c(CS(=O)(=O)[14C]2=NOC(C)(C)C2)c1OC(F)F. The van der Waals surface area contributed by atoms with Crippen molar-refractivity contribution in [2.24, 2.45) is 12.2 Å².